The molecule has 5 aromatic rings. The number of anilines is 1. The maximum Gasteiger partial charge on any atom is 0.246 e. The quantitative estimate of drug-likeness (QED) is 0.244. The standard InChI is InChI=1S/C34H39N7O2/c1-38-17-15-27(16-18-38)36-33-30-19-25(21-35-34(30)41(37-33)22-24-9-12-29(43-4)13-10-24)11-14-32(42)39(2)23-28-20-26-7-5-6-8-31(26)40(28)3/h5-14,19-21,27H,15-18,22-23H2,1-4H3,(H,36,37). The largest absolute Gasteiger partial charge is 0.497 e. The fraction of sp³-hybridized carbons (Fsp3) is 0.324. The van der Waals surface area contributed by atoms with Gasteiger partial charge < -0.3 is 24.4 Å². The Labute approximate surface area is 252 Å². The Hall–Kier alpha value is -4.63. The Balaban J connectivity index is 1.23. The average Bonchev–Trinajstić information content (AvgIpc) is 3.53. The highest BCUT2D eigenvalue weighted by atomic mass is 16.5. The molecule has 0 unspecified atom stereocenters. The second-order valence-corrected chi connectivity index (χ2v) is 11.5. The SMILES string of the molecule is COc1ccc(Cn2nc(NC3CCN(C)CC3)c3cc(C=CC(=O)N(C)Cc4cc5ccccc5n4C)cnc32)cc1. The Kier molecular flexibility index (Phi) is 8.16. The van der Waals surface area contributed by atoms with Gasteiger partial charge in [-0.2, -0.15) is 5.10 Å². The summed E-state index contributed by atoms with van der Waals surface area (Å²) in [5.74, 6) is 1.59. The van der Waals surface area contributed by atoms with E-state index in [-0.39, 0.29) is 5.91 Å². The lowest BCUT2D eigenvalue weighted by Crippen LogP contribution is -2.36. The molecular formula is C34H39N7O2. The highest BCUT2D eigenvalue weighted by Gasteiger charge is 2.20. The number of hydrogen-bond donors (Lipinski definition) is 1. The molecule has 222 valence electrons. The number of rotatable bonds is 9. The first-order chi connectivity index (χ1) is 20.9. The van der Waals surface area contributed by atoms with Crippen molar-refractivity contribution < 1.29 is 9.53 Å². The molecule has 1 saturated heterocycles. The molecule has 0 spiro atoms. The van der Waals surface area contributed by atoms with Crippen LogP contribution in [0.25, 0.3) is 28.0 Å². The van der Waals surface area contributed by atoms with E-state index in [1.54, 1.807) is 18.1 Å². The molecule has 1 aliphatic rings. The summed E-state index contributed by atoms with van der Waals surface area (Å²) < 4.78 is 9.41. The van der Waals surface area contributed by atoms with Gasteiger partial charge in [0.05, 0.1) is 25.6 Å². The van der Waals surface area contributed by atoms with Crippen LogP contribution in [0.15, 0.2) is 72.9 Å². The van der Waals surface area contributed by atoms with Gasteiger partial charge in [-0.3, -0.25) is 4.79 Å². The van der Waals surface area contributed by atoms with Crippen LogP contribution >= 0.6 is 0 Å². The van der Waals surface area contributed by atoms with Crippen molar-refractivity contribution in [3.8, 4) is 5.75 Å². The number of methoxy groups -OCH3 is 1. The fourth-order valence-corrected chi connectivity index (χ4v) is 5.75. The van der Waals surface area contributed by atoms with Gasteiger partial charge in [0.2, 0.25) is 5.91 Å². The first kappa shape index (κ1) is 28.5. The van der Waals surface area contributed by atoms with Crippen molar-refractivity contribution in [2.45, 2.75) is 32.0 Å². The van der Waals surface area contributed by atoms with Gasteiger partial charge in [-0.05, 0) is 85.9 Å². The van der Waals surface area contributed by atoms with Crippen LogP contribution in [0.2, 0.25) is 0 Å². The lowest BCUT2D eigenvalue weighted by atomic mass is 10.1. The molecule has 4 heterocycles. The van der Waals surface area contributed by atoms with Gasteiger partial charge in [0.15, 0.2) is 11.5 Å². The minimum Gasteiger partial charge on any atom is -0.497 e. The highest BCUT2D eigenvalue weighted by Crippen LogP contribution is 2.27. The third-order valence-electron chi connectivity index (χ3n) is 8.40. The molecule has 0 saturated carbocycles. The number of hydrogen-bond acceptors (Lipinski definition) is 6. The monoisotopic (exact) mass is 577 g/mol. The summed E-state index contributed by atoms with van der Waals surface area (Å²) >= 11 is 0. The molecule has 9 heteroatoms. The van der Waals surface area contributed by atoms with Crippen molar-refractivity contribution in [1.82, 2.24) is 29.1 Å². The molecule has 0 aliphatic carbocycles. The molecule has 3 aromatic heterocycles. The number of aromatic nitrogens is 4. The van der Waals surface area contributed by atoms with Crippen molar-refractivity contribution in [2.24, 2.45) is 7.05 Å². The Morgan fingerprint density at radius 1 is 1.09 bits per heavy atom. The molecule has 1 fully saturated rings. The van der Waals surface area contributed by atoms with Crippen molar-refractivity contribution >= 4 is 39.7 Å². The number of likely N-dealkylation sites (tertiary alicyclic amines) is 1. The van der Waals surface area contributed by atoms with Crippen LogP contribution in [0, 0.1) is 0 Å². The third-order valence-corrected chi connectivity index (χ3v) is 8.40. The number of nitrogens with zero attached hydrogens (tertiary/aromatic N) is 6. The fourth-order valence-electron chi connectivity index (χ4n) is 5.75. The van der Waals surface area contributed by atoms with Crippen LogP contribution in [0.4, 0.5) is 5.82 Å². The number of ether oxygens (including phenoxy) is 1. The molecule has 1 aliphatic heterocycles. The second kappa shape index (κ2) is 12.3. The molecule has 0 atom stereocenters. The third kappa shape index (κ3) is 6.27. The van der Waals surface area contributed by atoms with Crippen molar-refractivity contribution in [3.05, 3.63) is 89.8 Å². The molecule has 1 amide bonds. The summed E-state index contributed by atoms with van der Waals surface area (Å²) in [6.07, 6.45) is 7.40. The van der Waals surface area contributed by atoms with E-state index in [0.29, 0.717) is 19.1 Å². The van der Waals surface area contributed by atoms with E-state index in [4.69, 9.17) is 14.8 Å². The number of fused-ring (bicyclic) bond motifs is 2. The number of para-hydroxylation sites is 1. The number of pyridine rings is 1. The first-order valence-corrected chi connectivity index (χ1v) is 14.8. The summed E-state index contributed by atoms with van der Waals surface area (Å²) in [6.45, 7) is 3.23. The van der Waals surface area contributed by atoms with Crippen molar-refractivity contribution in [1.29, 1.82) is 0 Å². The minimum absolute atomic E-state index is 0.0646. The van der Waals surface area contributed by atoms with Gasteiger partial charge in [0.25, 0.3) is 0 Å². The molecule has 2 aromatic carbocycles. The van der Waals surface area contributed by atoms with Crippen molar-refractivity contribution in [3.63, 3.8) is 0 Å². The summed E-state index contributed by atoms with van der Waals surface area (Å²) in [4.78, 5) is 22.0. The van der Waals surface area contributed by atoms with Crippen LogP contribution in [0.5, 0.6) is 5.75 Å². The number of nitrogens with one attached hydrogen (secondary N) is 1. The molecule has 0 radical (unpaired) electrons. The zero-order valence-electron chi connectivity index (χ0n) is 25.3. The van der Waals surface area contributed by atoms with Gasteiger partial charge in [-0.25, -0.2) is 9.67 Å². The predicted molar refractivity (Wildman–Crippen MR) is 172 cm³/mol. The van der Waals surface area contributed by atoms with E-state index in [2.05, 4.69) is 46.1 Å². The van der Waals surface area contributed by atoms with Gasteiger partial charge in [-0.15, -0.1) is 0 Å². The Morgan fingerprint density at radius 3 is 2.60 bits per heavy atom. The van der Waals surface area contributed by atoms with Crippen LogP contribution in [-0.4, -0.2) is 75.4 Å². The number of benzene rings is 2. The Bertz CT molecular complexity index is 1760. The average molecular weight is 578 g/mol. The first-order valence-electron chi connectivity index (χ1n) is 14.8. The maximum absolute atomic E-state index is 13.1. The van der Waals surface area contributed by atoms with E-state index in [9.17, 15) is 4.79 Å². The highest BCUT2D eigenvalue weighted by molar-refractivity contribution is 5.94. The van der Waals surface area contributed by atoms with Crippen LogP contribution < -0.4 is 10.1 Å². The van der Waals surface area contributed by atoms with E-state index in [1.165, 1.54) is 5.39 Å². The van der Waals surface area contributed by atoms with Crippen molar-refractivity contribution in [2.75, 3.05) is 39.6 Å². The van der Waals surface area contributed by atoms with E-state index < -0.39 is 0 Å². The number of likely N-dealkylation sites (N-methyl/N-ethyl adjacent to an activating group) is 1. The van der Waals surface area contributed by atoms with Gasteiger partial charge in [0, 0.05) is 43.6 Å². The van der Waals surface area contributed by atoms with E-state index in [1.807, 2.05) is 67.4 Å². The smallest absolute Gasteiger partial charge is 0.246 e. The summed E-state index contributed by atoms with van der Waals surface area (Å²) in [5, 5.41) is 10.8. The van der Waals surface area contributed by atoms with Gasteiger partial charge >= 0.3 is 0 Å². The van der Waals surface area contributed by atoms with Gasteiger partial charge in [0.1, 0.15) is 5.75 Å². The summed E-state index contributed by atoms with van der Waals surface area (Å²) in [7, 11) is 7.71. The predicted octanol–water partition coefficient (Wildman–Crippen LogP) is 5.16. The molecule has 0 bridgehead atoms. The lowest BCUT2D eigenvalue weighted by Gasteiger charge is -2.29. The summed E-state index contributed by atoms with van der Waals surface area (Å²) in [6, 6.07) is 20.9. The molecule has 6 rings (SSSR count). The Morgan fingerprint density at radius 2 is 1.86 bits per heavy atom. The van der Waals surface area contributed by atoms with E-state index >= 15 is 0 Å². The molecule has 43 heavy (non-hydrogen) atoms. The second-order valence-electron chi connectivity index (χ2n) is 11.5. The van der Waals surface area contributed by atoms with Crippen LogP contribution in [-0.2, 0) is 24.9 Å². The number of aryl methyl sites for hydroxylation is 1. The van der Waals surface area contributed by atoms with Crippen LogP contribution in [0.3, 0.4) is 0 Å². The topological polar surface area (TPSA) is 80.5 Å². The normalized spacial score (nSPS) is 14.6. The van der Waals surface area contributed by atoms with Gasteiger partial charge in [-0.1, -0.05) is 30.3 Å². The number of carbonyl (C=O) groups is 1. The molecule has 9 nitrogen and oxygen atoms in total. The number of amides is 1. The number of piperidine rings is 1. The molecular weight excluding hydrogens is 538 g/mol. The minimum atomic E-state index is -0.0646. The lowest BCUT2D eigenvalue weighted by molar-refractivity contribution is -0.125. The molecule has 1 N–H and O–H groups in total. The maximum atomic E-state index is 13.1. The van der Waals surface area contributed by atoms with E-state index in [0.717, 1.165) is 70.9 Å². The zero-order valence-corrected chi connectivity index (χ0v) is 25.3. The number of carbonyl (C=O) groups excluding carboxylic acids is 1. The summed E-state index contributed by atoms with van der Waals surface area (Å²) in [5.41, 5.74) is 5.02. The van der Waals surface area contributed by atoms with Crippen LogP contribution in [0.1, 0.15) is 29.7 Å². The zero-order chi connectivity index (χ0) is 29.9.